The molecule has 2 aromatic rings. The van der Waals surface area contributed by atoms with E-state index in [9.17, 15) is 19.1 Å². The van der Waals surface area contributed by atoms with Gasteiger partial charge in [0.1, 0.15) is 35.1 Å². The quantitative estimate of drug-likeness (QED) is 0.350. The number of piperidine rings is 1. The summed E-state index contributed by atoms with van der Waals surface area (Å²) in [4.78, 5) is 25.5. The van der Waals surface area contributed by atoms with Gasteiger partial charge in [0, 0.05) is 58.6 Å². The Balaban J connectivity index is 1.52. The number of likely N-dealkylation sites (tertiary alicyclic amines) is 1. The van der Waals surface area contributed by atoms with Crippen LogP contribution in [0.2, 0.25) is 5.02 Å². The standard InChI is InChI=1S/C25H30ClFN2O6/c1-17(30)35-25(7-10-29(11-8-25)15-18-3-5-19(27)6-4-18)16-28-9-12-34-22-14-23(33-2)21(26)13-20(22)24(31)32/h3-6,13-14,28H,7-12,15-16H2,1-2H3,(H,31,32). The van der Waals surface area contributed by atoms with E-state index >= 15 is 0 Å². The fraction of sp³-hybridized carbons (Fsp3) is 0.440. The van der Waals surface area contributed by atoms with Crippen molar-refractivity contribution in [2.45, 2.75) is 31.9 Å². The Bertz CT molecular complexity index is 1030. The number of esters is 1. The molecule has 1 aliphatic rings. The highest BCUT2D eigenvalue weighted by molar-refractivity contribution is 6.32. The molecule has 0 spiro atoms. The summed E-state index contributed by atoms with van der Waals surface area (Å²) >= 11 is 6.02. The number of carbonyl (C=O) groups is 2. The number of nitrogens with zero attached hydrogens (tertiary/aromatic N) is 1. The van der Waals surface area contributed by atoms with Crippen LogP contribution in [0.25, 0.3) is 0 Å². The van der Waals surface area contributed by atoms with Crippen molar-refractivity contribution in [1.82, 2.24) is 10.2 Å². The van der Waals surface area contributed by atoms with Gasteiger partial charge in [-0.2, -0.15) is 0 Å². The molecule has 1 saturated heterocycles. The summed E-state index contributed by atoms with van der Waals surface area (Å²) in [5.41, 5.74) is 0.336. The lowest BCUT2D eigenvalue weighted by Crippen LogP contribution is -2.52. The summed E-state index contributed by atoms with van der Waals surface area (Å²) < 4.78 is 29.7. The monoisotopic (exact) mass is 508 g/mol. The molecule has 2 N–H and O–H groups in total. The molecule has 0 unspecified atom stereocenters. The van der Waals surface area contributed by atoms with E-state index in [1.54, 1.807) is 12.1 Å². The summed E-state index contributed by atoms with van der Waals surface area (Å²) in [5, 5.41) is 12.9. The number of halogens is 2. The van der Waals surface area contributed by atoms with Gasteiger partial charge < -0.3 is 24.6 Å². The number of methoxy groups -OCH3 is 1. The first-order valence-corrected chi connectivity index (χ1v) is 11.7. The van der Waals surface area contributed by atoms with Gasteiger partial charge in [0.15, 0.2) is 0 Å². The largest absolute Gasteiger partial charge is 0.495 e. The smallest absolute Gasteiger partial charge is 0.339 e. The van der Waals surface area contributed by atoms with Gasteiger partial charge in [-0.05, 0) is 23.8 Å². The second-order valence-electron chi connectivity index (χ2n) is 8.49. The van der Waals surface area contributed by atoms with Crippen LogP contribution in [-0.2, 0) is 16.1 Å². The van der Waals surface area contributed by atoms with Crippen molar-refractivity contribution < 1.29 is 33.3 Å². The SMILES string of the molecule is COc1cc(OCCNCC2(OC(C)=O)CCN(Cc3ccc(F)cc3)CC2)c(C(=O)O)cc1Cl. The maximum atomic E-state index is 13.1. The third kappa shape index (κ3) is 7.55. The van der Waals surface area contributed by atoms with Crippen molar-refractivity contribution in [3.05, 3.63) is 58.4 Å². The average Bonchev–Trinajstić information content (AvgIpc) is 2.82. The molecule has 8 nitrogen and oxygen atoms in total. The van der Waals surface area contributed by atoms with Crippen LogP contribution >= 0.6 is 11.6 Å². The van der Waals surface area contributed by atoms with Crippen molar-refractivity contribution in [1.29, 1.82) is 0 Å². The van der Waals surface area contributed by atoms with Crippen LogP contribution in [0.15, 0.2) is 36.4 Å². The zero-order valence-corrected chi connectivity index (χ0v) is 20.6. The summed E-state index contributed by atoms with van der Waals surface area (Å²) in [6, 6.07) is 9.19. The number of benzene rings is 2. The zero-order chi connectivity index (χ0) is 25.4. The molecule has 1 aliphatic heterocycles. The van der Waals surface area contributed by atoms with Gasteiger partial charge in [0.2, 0.25) is 0 Å². The van der Waals surface area contributed by atoms with E-state index in [-0.39, 0.29) is 34.7 Å². The molecular formula is C25H30ClFN2O6. The molecule has 0 aliphatic carbocycles. The lowest BCUT2D eigenvalue weighted by atomic mass is 9.90. The van der Waals surface area contributed by atoms with E-state index in [0.717, 1.165) is 18.7 Å². The molecule has 0 saturated carbocycles. The summed E-state index contributed by atoms with van der Waals surface area (Å²) in [5.74, 6) is -1.27. The number of carbonyl (C=O) groups excluding carboxylic acids is 1. The Labute approximate surface area is 208 Å². The Morgan fingerprint density at radius 3 is 2.46 bits per heavy atom. The summed E-state index contributed by atoms with van der Waals surface area (Å²) in [6.07, 6.45) is 1.30. The second kappa shape index (κ2) is 12.2. The number of hydrogen-bond acceptors (Lipinski definition) is 7. The van der Waals surface area contributed by atoms with E-state index < -0.39 is 11.6 Å². The third-order valence-electron chi connectivity index (χ3n) is 5.91. The van der Waals surface area contributed by atoms with Crippen LogP contribution in [0.5, 0.6) is 11.5 Å². The van der Waals surface area contributed by atoms with Gasteiger partial charge in [0.25, 0.3) is 0 Å². The van der Waals surface area contributed by atoms with Crippen LogP contribution < -0.4 is 14.8 Å². The van der Waals surface area contributed by atoms with Crippen LogP contribution in [-0.4, -0.2) is 67.4 Å². The normalized spacial score (nSPS) is 15.4. The highest BCUT2D eigenvalue weighted by atomic mass is 35.5. The Morgan fingerprint density at radius 2 is 1.86 bits per heavy atom. The summed E-state index contributed by atoms with van der Waals surface area (Å²) in [6.45, 7) is 4.61. The first-order chi connectivity index (χ1) is 16.7. The molecular weight excluding hydrogens is 479 g/mol. The topological polar surface area (TPSA) is 97.3 Å². The molecule has 0 atom stereocenters. The minimum atomic E-state index is -1.15. The van der Waals surface area contributed by atoms with Crippen LogP contribution in [0.4, 0.5) is 4.39 Å². The molecule has 0 aromatic heterocycles. The minimum Gasteiger partial charge on any atom is -0.495 e. The fourth-order valence-corrected chi connectivity index (χ4v) is 4.35. The van der Waals surface area contributed by atoms with E-state index in [1.165, 1.54) is 38.3 Å². The predicted molar refractivity (Wildman–Crippen MR) is 129 cm³/mol. The molecule has 3 rings (SSSR count). The number of rotatable bonds is 11. The number of hydrogen-bond donors (Lipinski definition) is 2. The predicted octanol–water partition coefficient (Wildman–Crippen LogP) is 3.75. The van der Waals surface area contributed by atoms with Gasteiger partial charge in [-0.1, -0.05) is 23.7 Å². The number of carboxylic acids is 1. The van der Waals surface area contributed by atoms with Gasteiger partial charge in [0.05, 0.1) is 12.1 Å². The highest BCUT2D eigenvalue weighted by Crippen LogP contribution is 2.33. The highest BCUT2D eigenvalue weighted by Gasteiger charge is 2.37. The van der Waals surface area contributed by atoms with Crippen molar-refractivity contribution in [3.63, 3.8) is 0 Å². The molecule has 2 aromatic carbocycles. The van der Waals surface area contributed by atoms with Crippen molar-refractivity contribution in [2.75, 3.05) is 39.9 Å². The molecule has 1 heterocycles. The minimum absolute atomic E-state index is 0.0549. The van der Waals surface area contributed by atoms with Crippen molar-refractivity contribution in [2.24, 2.45) is 0 Å². The van der Waals surface area contributed by atoms with Gasteiger partial charge in [-0.15, -0.1) is 0 Å². The van der Waals surface area contributed by atoms with Crippen molar-refractivity contribution >= 4 is 23.5 Å². The van der Waals surface area contributed by atoms with Gasteiger partial charge in [-0.25, -0.2) is 9.18 Å². The fourth-order valence-electron chi connectivity index (χ4n) is 4.11. The molecule has 10 heteroatoms. The van der Waals surface area contributed by atoms with Gasteiger partial charge in [-0.3, -0.25) is 9.69 Å². The number of aromatic carboxylic acids is 1. The van der Waals surface area contributed by atoms with Crippen LogP contribution in [0.3, 0.4) is 0 Å². The molecule has 0 radical (unpaired) electrons. The van der Waals surface area contributed by atoms with E-state index in [1.807, 2.05) is 0 Å². The Morgan fingerprint density at radius 1 is 1.17 bits per heavy atom. The van der Waals surface area contributed by atoms with E-state index in [2.05, 4.69) is 10.2 Å². The second-order valence-corrected chi connectivity index (χ2v) is 8.90. The van der Waals surface area contributed by atoms with Crippen LogP contribution in [0, 0.1) is 5.82 Å². The maximum Gasteiger partial charge on any atom is 0.339 e. The van der Waals surface area contributed by atoms with E-state index in [4.69, 9.17) is 25.8 Å². The molecule has 1 fully saturated rings. The summed E-state index contributed by atoms with van der Waals surface area (Å²) in [7, 11) is 1.44. The first kappa shape index (κ1) is 26.7. The average molecular weight is 509 g/mol. The Kier molecular flexibility index (Phi) is 9.31. The molecule has 35 heavy (non-hydrogen) atoms. The third-order valence-corrected chi connectivity index (χ3v) is 6.21. The lowest BCUT2D eigenvalue weighted by Gasteiger charge is -2.41. The van der Waals surface area contributed by atoms with E-state index in [0.29, 0.717) is 38.2 Å². The maximum absolute atomic E-state index is 13.1. The molecule has 190 valence electrons. The first-order valence-electron chi connectivity index (χ1n) is 11.3. The number of carboxylic acid groups (broad SMARTS) is 1. The van der Waals surface area contributed by atoms with Crippen molar-refractivity contribution in [3.8, 4) is 11.5 Å². The Hall–Kier alpha value is -2.88. The number of nitrogens with one attached hydrogen (secondary N) is 1. The van der Waals surface area contributed by atoms with Crippen LogP contribution in [0.1, 0.15) is 35.7 Å². The zero-order valence-electron chi connectivity index (χ0n) is 19.8. The molecule has 0 amide bonds. The van der Waals surface area contributed by atoms with Gasteiger partial charge >= 0.3 is 11.9 Å². The number of ether oxygens (including phenoxy) is 3. The molecule has 0 bridgehead atoms. The lowest BCUT2D eigenvalue weighted by molar-refractivity contribution is -0.162.